The molecule has 2 heterocycles. The van der Waals surface area contributed by atoms with Crippen LogP contribution in [0.25, 0.3) is 11.3 Å². The Morgan fingerprint density at radius 3 is 2.54 bits per heavy atom. The first-order valence-electron chi connectivity index (χ1n) is 8.82. The normalized spacial score (nSPS) is 10.5. The van der Waals surface area contributed by atoms with E-state index in [0.717, 1.165) is 11.1 Å². The number of hydrogen-bond donors (Lipinski definition) is 3. The molecule has 0 saturated carbocycles. The second-order valence-electron chi connectivity index (χ2n) is 6.23. The standard InChI is InChI=1S/C20H20N4O4/c1-13-10-15(19(26)23-12-13)18(25)21-8-5-9-22-20(27)16-11-17(28-24-16)14-6-3-2-4-7-14/h2-4,6-7,10-12H,5,8-9H2,1H3,(H,21,25)(H,22,27)(H,23,26). The Bertz CT molecular complexity index is 1020. The van der Waals surface area contributed by atoms with Crippen LogP contribution in [0.4, 0.5) is 0 Å². The van der Waals surface area contributed by atoms with Crippen LogP contribution < -0.4 is 16.2 Å². The van der Waals surface area contributed by atoms with Crippen LogP contribution in [-0.4, -0.2) is 35.0 Å². The molecule has 8 nitrogen and oxygen atoms in total. The van der Waals surface area contributed by atoms with Crippen molar-refractivity contribution in [3.8, 4) is 11.3 Å². The molecule has 0 aliphatic carbocycles. The molecule has 28 heavy (non-hydrogen) atoms. The maximum atomic E-state index is 12.1. The van der Waals surface area contributed by atoms with Crippen LogP contribution in [0.15, 0.2) is 58.0 Å². The summed E-state index contributed by atoms with van der Waals surface area (Å²) >= 11 is 0. The van der Waals surface area contributed by atoms with Crippen molar-refractivity contribution in [3.05, 3.63) is 75.8 Å². The number of carbonyl (C=O) groups excluding carboxylic acids is 2. The average molecular weight is 380 g/mol. The lowest BCUT2D eigenvalue weighted by Crippen LogP contribution is -2.32. The van der Waals surface area contributed by atoms with Crippen LogP contribution in [-0.2, 0) is 0 Å². The van der Waals surface area contributed by atoms with E-state index in [1.54, 1.807) is 19.2 Å². The van der Waals surface area contributed by atoms with Crippen molar-refractivity contribution in [3.63, 3.8) is 0 Å². The molecule has 0 spiro atoms. The zero-order valence-corrected chi connectivity index (χ0v) is 15.3. The lowest BCUT2D eigenvalue weighted by atomic mass is 10.1. The third kappa shape index (κ3) is 4.73. The number of H-pyrrole nitrogens is 1. The van der Waals surface area contributed by atoms with Crippen molar-refractivity contribution in [1.29, 1.82) is 0 Å². The van der Waals surface area contributed by atoms with Gasteiger partial charge in [0.15, 0.2) is 11.5 Å². The predicted octanol–water partition coefficient (Wildman–Crippen LogP) is 1.89. The number of nitrogens with zero attached hydrogens (tertiary/aromatic N) is 1. The summed E-state index contributed by atoms with van der Waals surface area (Å²) in [6.07, 6.45) is 2.05. The number of carbonyl (C=O) groups is 2. The molecule has 0 saturated heterocycles. The quantitative estimate of drug-likeness (QED) is 0.541. The minimum atomic E-state index is -0.444. The van der Waals surface area contributed by atoms with E-state index in [9.17, 15) is 14.4 Å². The fourth-order valence-corrected chi connectivity index (χ4v) is 2.56. The number of hydrogen-bond acceptors (Lipinski definition) is 5. The zero-order chi connectivity index (χ0) is 19.9. The highest BCUT2D eigenvalue weighted by molar-refractivity contribution is 5.94. The van der Waals surface area contributed by atoms with Gasteiger partial charge in [-0.15, -0.1) is 0 Å². The van der Waals surface area contributed by atoms with Crippen molar-refractivity contribution in [2.75, 3.05) is 13.1 Å². The van der Waals surface area contributed by atoms with Crippen LogP contribution >= 0.6 is 0 Å². The van der Waals surface area contributed by atoms with Gasteiger partial charge in [-0.1, -0.05) is 35.5 Å². The Balaban J connectivity index is 1.44. The number of aromatic nitrogens is 2. The summed E-state index contributed by atoms with van der Waals surface area (Å²) in [6, 6.07) is 12.5. The summed E-state index contributed by atoms with van der Waals surface area (Å²) in [4.78, 5) is 38.3. The maximum Gasteiger partial charge on any atom is 0.273 e. The minimum Gasteiger partial charge on any atom is -0.355 e. The average Bonchev–Trinajstić information content (AvgIpc) is 3.20. The summed E-state index contributed by atoms with van der Waals surface area (Å²) in [5, 5.41) is 9.16. The van der Waals surface area contributed by atoms with E-state index in [-0.39, 0.29) is 17.2 Å². The Hall–Kier alpha value is -3.68. The van der Waals surface area contributed by atoms with Crippen molar-refractivity contribution >= 4 is 11.8 Å². The van der Waals surface area contributed by atoms with Gasteiger partial charge < -0.3 is 20.1 Å². The summed E-state index contributed by atoms with van der Waals surface area (Å²) in [7, 11) is 0. The first kappa shape index (κ1) is 19.1. The molecule has 0 unspecified atom stereocenters. The van der Waals surface area contributed by atoms with Crippen molar-refractivity contribution in [1.82, 2.24) is 20.8 Å². The number of amides is 2. The summed E-state index contributed by atoms with van der Waals surface area (Å²) in [5.74, 6) is -0.283. The summed E-state index contributed by atoms with van der Waals surface area (Å²) in [6.45, 7) is 2.45. The highest BCUT2D eigenvalue weighted by Crippen LogP contribution is 2.19. The molecule has 0 fully saturated rings. The molecule has 0 aliphatic heterocycles. The van der Waals surface area contributed by atoms with Gasteiger partial charge in [-0.3, -0.25) is 14.4 Å². The molecule has 0 atom stereocenters. The van der Waals surface area contributed by atoms with E-state index >= 15 is 0 Å². The van der Waals surface area contributed by atoms with Crippen LogP contribution in [0.5, 0.6) is 0 Å². The fraction of sp³-hybridized carbons (Fsp3) is 0.200. The van der Waals surface area contributed by atoms with Gasteiger partial charge in [0, 0.05) is 30.9 Å². The Morgan fingerprint density at radius 2 is 1.79 bits per heavy atom. The molecule has 0 bridgehead atoms. The largest absolute Gasteiger partial charge is 0.355 e. The van der Waals surface area contributed by atoms with E-state index < -0.39 is 11.5 Å². The van der Waals surface area contributed by atoms with Gasteiger partial charge in [0.05, 0.1) is 0 Å². The van der Waals surface area contributed by atoms with Gasteiger partial charge in [0.2, 0.25) is 0 Å². The highest BCUT2D eigenvalue weighted by atomic mass is 16.5. The van der Waals surface area contributed by atoms with E-state index in [1.807, 2.05) is 30.3 Å². The first-order chi connectivity index (χ1) is 13.5. The smallest absolute Gasteiger partial charge is 0.273 e. The molecular formula is C20H20N4O4. The van der Waals surface area contributed by atoms with Crippen molar-refractivity contribution < 1.29 is 14.1 Å². The molecule has 8 heteroatoms. The molecule has 2 amide bonds. The molecule has 1 aromatic carbocycles. The lowest BCUT2D eigenvalue weighted by Gasteiger charge is -2.06. The number of benzene rings is 1. The predicted molar refractivity (Wildman–Crippen MR) is 103 cm³/mol. The highest BCUT2D eigenvalue weighted by Gasteiger charge is 2.13. The molecule has 3 aromatic rings. The van der Waals surface area contributed by atoms with Gasteiger partial charge in [-0.05, 0) is 25.0 Å². The molecule has 3 rings (SSSR count). The molecule has 144 valence electrons. The van der Waals surface area contributed by atoms with E-state index in [1.165, 1.54) is 6.07 Å². The van der Waals surface area contributed by atoms with E-state index in [0.29, 0.717) is 25.3 Å². The zero-order valence-electron chi connectivity index (χ0n) is 15.3. The number of nitrogens with one attached hydrogen (secondary N) is 3. The second-order valence-corrected chi connectivity index (χ2v) is 6.23. The van der Waals surface area contributed by atoms with Gasteiger partial charge in [-0.25, -0.2) is 0 Å². The van der Waals surface area contributed by atoms with Crippen molar-refractivity contribution in [2.45, 2.75) is 13.3 Å². The van der Waals surface area contributed by atoms with E-state index in [2.05, 4.69) is 20.8 Å². The molecule has 0 radical (unpaired) electrons. The number of rotatable bonds is 7. The van der Waals surface area contributed by atoms with Crippen LogP contribution in [0.2, 0.25) is 0 Å². The Morgan fingerprint density at radius 1 is 1.07 bits per heavy atom. The van der Waals surface area contributed by atoms with Gasteiger partial charge in [0.1, 0.15) is 5.56 Å². The maximum absolute atomic E-state index is 12.1. The van der Waals surface area contributed by atoms with E-state index in [4.69, 9.17) is 4.52 Å². The van der Waals surface area contributed by atoms with Crippen molar-refractivity contribution in [2.24, 2.45) is 0 Å². The van der Waals surface area contributed by atoms with Crippen LogP contribution in [0.3, 0.4) is 0 Å². The molecule has 2 aromatic heterocycles. The lowest BCUT2D eigenvalue weighted by molar-refractivity contribution is 0.0944. The molecular weight excluding hydrogens is 360 g/mol. The SMILES string of the molecule is Cc1c[nH]c(=O)c(C(=O)NCCCNC(=O)c2cc(-c3ccccc3)on2)c1. The fourth-order valence-electron chi connectivity index (χ4n) is 2.56. The van der Waals surface area contributed by atoms with Crippen LogP contribution in [0.1, 0.15) is 32.8 Å². The Labute approximate surface area is 161 Å². The van der Waals surface area contributed by atoms with Gasteiger partial charge in [-0.2, -0.15) is 0 Å². The molecule has 3 N–H and O–H groups in total. The minimum absolute atomic E-state index is 0.0695. The summed E-state index contributed by atoms with van der Waals surface area (Å²) < 4.78 is 5.20. The third-order valence-corrected chi connectivity index (χ3v) is 4.02. The Kier molecular flexibility index (Phi) is 6.01. The first-order valence-corrected chi connectivity index (χ1v) is 8.82. The monoisotopic (exact) mass is 380 g/mol. The van der Waals surface area contributed by atoms with Crippen LogP contribution in [0, 0.1) is 6.92 Å². The number of pyridine rings is 1. The topological polar surface area (TPSA) is 117 Å². The van der Waals surface area contributed by atoms with Gasteiger partial charge in [0.25, 0.3) is 17.4 Å². The van der Waals surface area contributed by atoms with Gasteiger partial charge >= 0.3 is 0 Å². The third-order valence-electron chi connectivity index (χ3n) is 4.02. The molecule has 0 aliphatic rings. The number of aromatic amines is 1. The number of aryl methyl sites for hydroxylation is 1. The second kappa shape index (κ2) is 8.81. The summed E-state index contributed by atoms with van der Waals surface area (Å²) in [5.41, 5.74) is 1.45.